The van der Waals surface area contributed by atoms with Crippen molar-refractivity contribution in [2.24, 2.45) is 0 Å². The molecule has 2 aromatic carbocycles. The molecule has 0 fully saturated rings. The number of phenols is 1. The number of carbonyl (C=O) groups excluding carboxylic acids is 1. The van der Waals surface area contributed by atoms with Crippen molar-refractivity contribution >= 4 is 5.91 Å². The second-order valence-electron chi connectivity index (χ2n) is 4.63. The molecule has 0 spiro atoms. The van der Waals surface area contributed by atoms with Crippen LogP contribution in [-0.4, -0.2) is 16.1 Å². The lowest BCUT2D eigenvalue weighted by molar-refractivity contribution is 0.0948. The van der Waals surface area contributed by atoms with Crippen LogP contribution in [0.15, 0.2) is 42.5 Å². The summed E-state index contributed by atoms with van der Waals surface area (Å²) in [5.74, 6) is -0.373. The normalized spacial score (nSPS) is 10.3. The Morgan fingerprint density at radius 2 is 1.85 bits per heavy atom. The minimum absolute atomic E-state index is 0.0384. The molecule has 4 nitrogen and oxygen atoms in total. The molecule has 0 atom stereocenters. The molecule has 2 aromatic rings. The number of hydrogen-bond acceptors (Lipinski definition) is 3. The molecule has 0 saturated carbocycles. The number of aryl methyl sites for hydroxylation is 1. The number of hydrogen-bond donors (Lipinski definition) is 3. The highest BCUT2D eigenvalue weighted by Crippen LogP contribution is 2.18. The summed E-state index contributed by atoms with van der Waals surface area (Å²) in [4.78, 5) is 12.1. The molecule has 0 aliphatic heterocycles. The number of aliphatic hydroxyl groups excluding tert-OH is 1. The third-order valence-corrected chi connectivity index (χ3v) is 3.12. The van der Waals surface area contributed by atoms with Crippen molar-refractivity contribution in [3.8, 4) is 5.75 Å². The molecule has 0 radical (unpaired) electrons. The fourth-order valence-electron chi connectivity index (χ4n) is 1.99. The standard InChI is InChI=1S/C16H17NO3/c1-11-6-7-15(19)14(8-11)16(20)17-9-12-4-2-3-5-13(12)10-18/h2-8,18-19H,9-10H2,1H3,(H,17,20). The summed E-state index contributed by atoms with van der Waals surface area (Å²) >= 11 is 0. The lowest BCUT2D eigenvalue weighted by Crippen LogP contribution is -2.23. The first kappa shape index (κ1) is 14.1. The van der Waals surface area contributed by atoms with Gasteiger partial charge in [0.05, 0.1) is 12.2 Å². The molecular formula is C16H17NO3. The molecule has 0 bridgehead atoms. The van der Waals surface area contributed by atoms with E-state index >= 15 is 0 Å². The van der Waals surface area contributed by atoms with Crippen molar-refractivity contribution in [3.05, 3.63) is 64.7 Å². The minimum atomic E-state index is -0.334. The van der Waals surface area contributed by atoms with Crippen LogP contribution in [-0.2, 0) is 13.2 Å². The fourth-order valence-corrected chi connectivity index (χ4v) is 1.99. The van der Waals surface area contributed by atoms with E-state index in [2.05, 4.69) is 5.32 Å². The Bertz CT molecular complexity index is 623. The van der Waals surface area contributed by atoms with Gasteiger partial charge in [0, 0.05) is 6.54 Å². The molecule has 0 aliphatic carbocycles. The Morgan fingerprint density at radius 1 is 1.15 bits per heavy atom. The second-order valence-corrected chi connectivity index (χ2v) is 4.63. The molecule has 4 heteroatoms. The van der Waals surface area contributed by atoms with E-state index in [1.54, 1.807) is 12.1 Å². The van der Waals surface area contributed by atoms with Crippen LogP contribution in [0.4, 0.5) is 0 Å². The van der Waals surface area contributed by atoms with Crippen LogP contribution in [0, 0.1) is 6.92 Å². The van der Waals surface area contributed by atoms with Gasteiger partial charge in [-0.05, 0) is 30.2 Å². The highest BCUT2D eigenvalue weighted by atomic mass is 16.3. The van der Waals surface area contributed by atoms with E-state index in [0.717, 1.165) is 16.7 Å². The summed E-state index contributed by atoms with van der Waals surface area (Å²) in [6.07, 6.45) is 0. The predicted molar refractivity (Wildman–Crippen MR) is 76.4 cm³/mol. The topological polar surface area (TPSA) is 69.6 Å². The van der Waals surface area contributed by atoms with Gasteiger partial charge in [0.2, 0.25) is 0 Å². The quantitative estimate of drug-likeness (QED) is 0.797. The molecule has 0 heterocycles. The Kier molecular flexibility index (Phi) is 4.38. The third-order valence-electron chi connectivity index (χ3n) is 3.12. The van der Waals surface area contributed by atoms with Crippen molar-refractivity contribution in [3.63, 3.8) is 0 Å². The number of rotatable bonds is 4. The number of benzene rings is 2. The lowest BCUT2D eigenvalue weighted by Gasteiger charge is -2.10. The monoisotopic (exact) mass is 271 g/mol. The van der Waals surface area contributed by atoms with E-state index in [1.807, 2.05) is 31.2 Å². The maximum atomic E-state index is 12.1. The number of amides is 1. The van der Waals surface area contributed by atoms with Crippen LogP contribution in [0.1, 0.15) is 27.0 Å². The van der Waals surface area contributed by atoms with Gasteiger partial charge >= 0.3 is 0 Å². The molecule has 104 valence electrons. The molecular weight excluding hydrogens is 254 g/mol. The molecule has 1 amide bonds. The summed E-state index contributed by atoms with van der Waals surface area (Å²) in [5, 5.41) is 21.7. The van der Waals surface area contributed by atoms with E-state index in [0.29, 0.717) is 6.54 Å². The Balaban J connectivity index is 2.11. The van der Waals surface area contributed by atoms with Gasteiger partial charge in [0.25, 0.3) is 5.91 Å². The molecule has 0 saturated heterocycles. The van der Waals surface area contributed by atoms with Crippen LogP contribution in [0.3, 0.4) is 0 Å². The summed E-state index contributed by atoms with van der Waals surface area (Å²) < 4.78 is 0. The zero-order chi connectivity index (χ0) is 14.5. The zero-order valence-corrected chi connectivity index (χ0v) is 11.3. The largest absolute Gasteiger partial charge is 0.507 e. The van der Waals surface area contributed by atoms with Crippen LogP contribution < -0.4 is 5.32 Å². The van der Waals surface area contributed by atoms with Gasteiger partial charge in [-0.25, -0.2) is 0 Å². The van der Waals surface area contributed by atoms with Crippen molar-refractivity contribution in [2.75, 3.05) is 0 Å². The average Bonchev–Trinajstić information content (AvgIpc) is 2.47. The van der Waals surface area contributed by atoms with Crippen molar-refractivity contribution in [1.82, 2.24) is 5.32 Å². The first-order chi connectivity index (χ1) is 9.61. The van der Waals surface area contributed by atoms with E-state index in [4.69, 9.17) is 0 Å². The molecule has 0 unspecified atom stereocenters. The van der Waals surface area contributed by atoms with Crippen LogP contribution >= 0.6 is 0 Å². The highest BCUT2D eigenvalue weighted by Gasteiger charge is 2.11. The van der Waals surface area contributed by atoms with Gasteiger partial charge in [-0.1, -0.05) is 35.9 Å². The van der Waals surface area contributed by atoms with E-state index in [1.165, 1.54) is 6.07 Å². The van der Waals surface area contributed by atoms with Crippen molar-refractivity contribution in [1.29, 1.82) is 0 Å². The Hall–Kier alpha value is -2.33. The number of aliphatic hydroxyl groups is 1. The maximum Gasteiger partial charge on any atom is 0.255 e. The van der Waals surface area contributed by atoms with Gasteiger partial charge in [-0.2, -0.15) is 0 Å². The summed E-state index contributed by atoms with van der Waals surface area (Å²) in [6.45, 7) is 2.10. The van der Waals surface area contributed by atoms with E-state index in [-0.39, 0.29) is 23.8 Å². The molecule has 3 N–H and O–H groups in total. The number of nitrogens with one attached hydrogen (secondary N) is 1. The van der Waals surface area contributed by atoms with Gasteiger partial charge < -0.3 is 15.5 Å². The third kappa shape index (κ3) is 3.16. The van der Waals surface area contributed by atoms with E-state index < -0.39 is 0 Å². The first-order valence-electron chi connectivity index (χ1n) is 6.37. The Morgan fingerprint density at radius 3 is 2.55 bits per heavy atom. The SMILES string of the molecule is Cc1ccc(O)c(C(=O)NCc2ccccc2CO)c1. The highest BCUT2D eigenvalue weighted by molar-refractivity contribution is 5.96. The van der Waals surface area contributed by atoms with Crippen LogP contribution in [0.25, 0.3) is 0 Å². The lowest BCUT2D eigenvalue weighted by atomic mass is 10.1. The summed E-state index contributed by atoms with van der Waals surface area (Å²) in [7, 11) is 0. The van der Waals surface area contributed by atoms with Gasteiger partial charge in [-0.3, -0.25) is 4.79 Å². The fraction of sp³-hybridized carbons (Fsp3) is 0.188. The number of carbonyl (C=O) groups is 1. The van der Waals surface area contributed by atoms with Gasteiger partial charge in [-0.15, -0.1) is 0 Å². The van der Waals surface area contributed by atoms with Gasteiger partial charge in [0.15, 0.2) is 0 Å². The zero-order valence-electron chi connectivity index (χ0n) is 11.3. The minimum Gasteiger partial charge on any atom is -0.507 e. The van der Waals surface area contributed by atoms with Crippen LogP contribution in [0.5, 0.6) is 5.75 Å². The number of phenolic OH excluding ortho intramolecular Hbond substituents is 1. The molecule has 20 heavy (non-hydrogen) atoms. The number of aromatic hydroxyl groups is 1. The van der Waals surface area contributed by atoms with Crippen LogP contribution in [0.2, 0.25) is 0 Å². The predicted octanol–water partition coefficient (Wildman–Crippen LogP) is 2.12. The average molecular weight is 271 g/mol. The summed E-state index contributed by atoms with van der Waals surface area (Å²) in [6, 6.07) is 12.2. The Labute approximate surface area is 117 Å². The molecule has 2 rings (SSSR count). The molecule has 0 aliphatic rings. The van der Waals surface area contributed by atoms with Crippen molar-refractivity contribution in [2.45, 2.75) is 20.1 Å². The molecule has 0 aromatic heterocycles. The second kappa shape index (κ2) is 6.21. The van der Waals surface area contributed by atoms with Gasteiger partial charge in [0.1, 0.15) is 5.75 Å². The van der Waals surface area contributed by atoms with Crippen molar-refractivity contribution < 1.29 is 15.0 Å². The first-order valence-corrected chi connectivity index (χ1v) is 6.37. The maximum absolute atomic E-state index is 12.1. The summed E-state index contributed by atoms with van der Waals surface area (Å²) in [5.41, 5.74) is 2.80. The smallest absolute Gasteiger partial charge is 0.255 e. The van der Waals surface area contributed by atoms with E-state index in [9.17, 15) is 15.0 Å².